The monoisotopic (exact) mass is 278 g/mol. The molecule has 0 unspecified atom stereocenters. The predicted molar refractivity (Wildman–Crippen MR) is 75.6 cm³/mol. The Kier molecular flexibility index (Phi) is 3.76. The molecule has 2 atom stereocenters. The zero-order chi connectivity index (χ0) is 14.1. The summed E-state index contributed by atoms with van der Waals surface area (Å²) in [5.41, 5.74) is 0.903. The van der Waals surface area contributed by atoms with Crippen LogP contribution in [0, 0.1) is 0 Å². The van der Waals surface area contributed by atoms with Crippen LogP contribution >= 0.6 is 0 Å². The van der Waals surface area contributed by atoms with Crippen molar-refractivity contribution >= 4 is 11.6 Å². The molecule has 3 heterocycles. The molecule has 6 heteroatoms. The van der Waals surface area contributed by atoms with Gasteiger partial charge in [-0.15, -0.1) is 0 Å². The molecule has 20 heavy (non-hydrogen) atoms. The fourth-order valence-corrected chi connectivity index (χ4v) is 3.08. The summed E-state index contributed by atoms with van der Waals surface area (Å²) in [6, 6.07) is 0.00755. The molecular weight excluding hydrogens is 256 g/mol. The van der Waals surface area contributed by atoms with E-state index in [9.17, 15) is 4.79 Å². The van der Waals surface area contributed by atoms with Crippen molar-refractivity contribution in [3.05, 3.63) is 12.4 Å². The van der Waals surface area contributed by atoms with E-state index in [1.807, 2.05) is 18.1 Å². The Morgan fingerprint density at radius 2 is 2.30 bits per heavy atom. The number of carbonyl (C=O) groups is 1. The van der Waals surface area contributed by atoms with Crippen LogP contribution in [0.2, 0.25) is 0 Å². The predicted octanol–water partition coefficient (Wildman–Crippen LogP) is 0.636. The number of nitrogens with zero attached hydrogens (tertiary/aromatic N) is 4. The van der Waals surface area contributed by atoms with E-state index in [4.69, 9.17) is 4.74 Å². The van der Waals surface area contributed by atoms with Crippen LogP contribution < -0.4 is 4.90 Å². The van der Waals surface area contributed by atoms with Crippen LogP contribution in [0.4, 0.5) is 5.69 Å². The van der Waals surface area contributed by atoms with Gasteiger partial charge in [-0.05, 0) is 12.8 Å². The van der Waals surface area contributed by atoms with Crippen molar-refractivity contribution in [3.8, 4) is 0 Å². The molecule has 2 saturated heterocycles. The first-order valence-electron chi connectivity index (χ1n) is 7.34. The normalized spacial score (nSPS) is 28.3. The molecule has 0 aliphatic carbocycles. The van der Waals surface area contributed by atoms with Gasteiger partial charge in [0.25, 0.3) is 0 Å². The number of carbonyl (C=O) groups excluding carboxylic acids is 1. The molecule has 1 aromatic heterocycles. The van der Waals surface area contributed by atoms with E-state index in [0.717, 1.165) is 44.8 Å². The van der Waals surface area contributed by atoms with E-state index in [0.29, 0.717) is 0 Å². The molecule has 1 amide bonds. The Balaban J connectivity index is 1.69. The van der Waals surface area contributed by atoms with Gasteiger partial charge in [-0.3, -0.25) is 14.4 Å². The second-order valence-electron chi connectivity index (χ2n) is 5.56. The van der Waals surface area contributed by atoms with Gasteiger partial charge in [0.15, 0.2) is 0 Å². The second kappa shape index (κ2) is 5.54. The van der Waals surface area contributed by atoms with Gasteiger partial charge < -0.3 is 9.64 Å². The number of rotatable bonds is 3. The van der Waals surface area contributed by atoms with Gasteiger partial charge in [0.1, 0.15) is 0 Å². The Hall–Kier alpha value is -1.40. The van der Waals surface area contributed by atoms with Crippen LogP contribution in [-0.2, 0) is 16.6 Å². The average Bonchev–Trinajstić information content (AvgIpc) is 3.05. The van der Waals surface area contributed by atoms with Crippen molar-refractivity contribution in [2.24, 2.45) is 7.05 Å². The third kappa shape index (κ3) is 2.45. The van der Waals surface area contributed by atoms with Crippen molar-refractivity contribution < 1.29 is 9.53 Å². The van der Waals surface area contributed by atoms with E-state index in [-0.39, 0.29) is 18.1 Å². The highest BCUT2D eigenvalue weighted by molar-refractivity contribution is 5.99. The van der Waals surface area contributed by atoms with Crippen LogP contribution in [0.1, 0.15) is 19.8 Å². The number of morpholine rings is 1. The number of anilines is 1. The van der Waals surface area contributed by atoms with Gasteiger partial charge >= 0.3 is 0 Å². The summed E-state index contributed by atoms with van der Waals surface area (Å²) in [5, 5.41) is 4.15. The third-order valence-electron chi connectivity index (χ3n) is 4.25. The Morgan fingerprint density at radius 3 is 3.00 bits per heavy atom. The standard InChI is InChI=1S/C14H22N4O2/c1-3-12-10-17(6-7-20-12)13-4-5-18(14(13)19)11-8-15-16(2)9-11/h8-9,12-13H,3-7,10H2,1-2H3/t12-,13+/m1/s1. The Morgan fingerprint density at radius 1 is 1.45 bits per heavy atom. The first-order valence-corrected chi connectivity index (χ1v) is 7.34. The number of hydrogen-bond donors (Lipinski definition) is 0. The fraction of sp³-hybridized carbons (Fsp3) is 0.714. The van der Waals surface area contributed by atoms with Crippen LogP contribution in [0.5, 0.6) is 0 Å². The van der Waals surface area contributed by atoms with Gasteiger partial charge in [0.05, 0.1) is 30.6 Å². The molecule has 0 spiro atoms. The zero-order valence-corrected chi connectivity index (χ0v) is 12.2. The molecule has 110 valence electrons. The maximum atomic E-state index is 12.6. The van der Waals surface area contributed by atoms with Gasteiger partial charge in [-0.1, -0.05) is 6.92 Å². The lowest BCUT2D eigenvalue weighted by molar-refractivity contribution is -0.124. The zero-order valence-electron chi connectivity index (χ0n) is 12.2. The van der Waals surface area contributed by atoms with Gasteiger partial charge in [-0.2, -0.15) is 5.10 Å². The number of aryl methyl sites for hydroxylation is 1. The van der Waals surface area contributed by atoms with E-state index in [1.165, 1.54) is 0 Å². The minimum Gasteiger partial charge on any atom is -0.376 e. The highest BCUT2D eigenvalue weighted by Crippen LogP contribution is 2.25. The molecule has 2 aliphatic rings. The quantitative estimate of drug-likeness (QED) is 0.814. The first kappa shape index (κ1) is 13.6. The smallest absolute Gasteiger partial charge is 0.244 e. The number of aromatic nitrogens is 2. The lowest BCUT2D eigenvalue weighted by Gasteiger charge is -2.35. The molecular formula is C14H22N4O2. The molecule has 0 radical (unpaired) electrons. The van der Waals surface area contributed by atoms with Crippen molar-refractivity contribution in [1.29, 1.82) is 0 Å². The lowest BCUT2D eigenvalue weighted by Crippen LogP contribution is -2.50. The fourth-order valence-electron chi connectivity index (χ4n) is 3.08. The molecule has 0 aromatic carbocycles. The van der Waals surface area contributed by atoms with Crippen molar-refractivity contribution in [2.75, 3.05) is 31.1 Å². The highest BCUT2D eigenvalue weighted by Gasteiger charge is 2.38. The first-order chi connectivity index (χ1) is 9.69. The van der Waals surface area contributed by atoms with E-state index in [1.54, 1.807) is 10.9 Å². The van der Waals surface area contributed by atoms with E-state index >= 15 is 0 Å². The highest BCUT2D eigenvalue weighted by atomic mass is 16.5. The molecule has 0 bridgehead atoms. The third-order valence-corrected chi connectivity index (χ3v) is 4.25. The van der Waals surface area contributed by atoms with Crippen LogP contribution in [-0.4, -0.2) is 59.0 Å². The summed E-state index contributed by atoms with van der Waals surface area (Å²) < 4.78 is 7.42. The molecule has 3 rings (SSSR count). The largest absolute Gasteiger partial charge is 0.376 e. The molecule has 6 nitrogen and oxygen atoms in total. The topological polar surface area (TPSA) is 50.6 Å². The second-order valence-corrected chi connectivity index (χ2v) is 5.56. The van der Waals surface area contributed by atoms with Crippen LogP contribution in [0.15, 0.2) is 12.4 Å². The summed E-state index contributed by atoms with van der Waals surface area (Å²) in [4.78, 5) is 16.8. The summed E-state index contributed by atoms with van der Waals surface area (Å²) in [6.07, 6.45) is 5.82. The molecule has 0 N–H and O–H groups in total. The minimum absolute atomic E-state index is 0.00755. The summed E-state index contributed by atoms with van der Waals surface area (Å²) in [6.45, 7) is 5.37. The summed E-state index contributed by atoms with van der Waals surface area (Å²) in [5.74, 6) is 0.203. The number of hydrogen-bond acceptors (Lipinski definition) is 4. The maximum absolute atomic E-state index is 12.6. The van der Waals surface area contributed by atoms with Crippen molar-refractivity contribution in [1.82, 2.24) is 14.7 Å². The molecule has 0 saturated carbocycles. The maximum Gasteiger partial charge on any atom is 0.244 e. The Labute approximate surface area is 119 Å². The van der Waals surface area contributed by atoms with E-state index in [2.05, 4.69) is 16.9 Å². The Bertz CT molecular complexity index is 487. The minimum atomic E-state index is 0.00755. The van der Waals surface area contributed by atoms with Gasteiger partial charge in [0.2, 0.25) is 5.91 Å². The van der Waals surface area contributed by atoms with Gasteiger partial charge in [0, 0.05) is 32.9 Å². The molecule has 2 aliphatic heterocycles. The number of amides is 1. The molecule has 1 aromatic rings. The van der Waals surface area contributed by atoms with E-state index < -0.39 is 0 Å². The SMILES string of the molecule is CC[C@@H]1CN([C@H]2CCN(c3cnn(C)c3)C2=O)CCO1. The van der Waals surface area contributed by atoms with Gasteiger partial charge in [-0.25, -0.2) is 0 Å². The van der Waals surface area contributed by atoms with Crippen LogP contribution in [0.25, 0.3) is 0 Å². The van der Waals surface area contributed by atoms with Crippen molar-refractivity contribution in [3.63, 3.8) is 0 Å². The van der Waals surface area contributed by atoms with Crippen LogP contribution in [0.3, 0.4) is 0 Å². The average molecular weight is 278 g/mol. The lowest BCUT2D eigenvalue weighted by atomic mass is 10.1. The number of ether oxygens (including phenoxy) is 1. The molecule has 2 fully saturated rings. The summed E-state index contributed by atoms with van der Waals surface area (Å²) >= 11 is 0. The van der Waals surface area contributed by atoms with Crippen molar-refractivity contribution in [2.45, 2.75) is 31.9 Å². The summed E-state index contributed by atoms with van der Waals surface area (Å²) in [7, 11) is 1.87.